The highest BCUT2D eigenvalue weighted by Crippen LogP contribution is 2.31. The Hall–Kier alpha value is -1.12. The predicted molar refractivity (Wildman–Crippen MR) is 51.7 cm³/mol. The van der Waals surface area contributed by atoms with Crippen LogP contribution >= 0.6 is 0 Å². The highest BCUT2D eigenvalue weighted by molar-refractivity contribution is 5.54. The first-order chi connectivity index (χ1) is 6.90. The molecular weight excluding hydrogens is 178 g/mol. The summed E-state index contributed by atoms with van der Waals surface area (Å²) in [5.41, 5.74) is 0. The van der Waals surface area contributed by atoms with Gasteiger partial charge in [0.1, 0.15) is 12.0 Å². The van der Waals surface area contributed by atoms with Crippen LogP contribution in [0, 0.1) is 11.8 Å². The fourth-order valence-corrected chi connectivity index (χ4v) is 2.27. The third-order valence-electron chi connectivity index (χ3n) is 3.09. The summed E-state index contributed by atoms with van der Waals surface area (Å²) in [6.07, 6.45) is 9.79. The van der Waals surface area contributed by atoms with E-state index in [1.807, 2.05) is 0 Å². The van der Waals surface area contributed by atoms with Crippen LogP contribution in [0.25, 0.3) is 0 Å². The van der Waals surface area contributed by atoms with Crippen molar-refractivity contribution in [1.82, 2.24) is 4.98 Å². The fourth-order valence-electron chi connectivity index (χ4n) is 2.27. The molecule has 1 aromatic rings. The van der Waals surface area contributed by atoms with Crippen LogP contribution in [0.4, 0.5) is 0 Å². The minimum Gasteiger partial charge on any atom is -0.449 e. The Bertz CT molecular complexity index is 281. The Morgan fingerprint density at radius 3 is 3.07 bits per heavy atom. The van der Waals surface area contributed by atoms with Crippen LogP contribution in [-0.4, -0.2) is 11.3 Å². The van der Waals surface area contributed by atoms with Gasteiger partial charge >= 0.3 is 0 Å². The van der Waals surface area contributed by atoms with Gasteiger partial charge in [0.05, 0.1) is 6.20 Å². The molecule has 2 rings (SSSR count). The Kier molecular flexibility index (Phi) is 2.96. The zero-order chi connectivity index (χ0) is 9.80. The molecule has 1 fully saturated rings. The molecule has 76 valence electrons. The summed E-state index contributed by atoms with van der Waals surface area (Å²) in [5, 5.41) is 0. The fraction of sp³-hybridized carbons (Fsp3) is 0.636. The van der Waals surface area contributed by atoms with Gasteiger partial charge in [-0.1, -0.05) is 12.8 Å². The number of carbonyl (C=O) groups is 1. The van der Waals surface area contributed by atoms with Gasteiger partial charge in [-0.25, -0.2) is 4.98 Å². The summed E-state index contributed by atoms with van der Waals surface area (Å²) in [5.74, 6) is 1.60. The highest BCUT2D eigenvalue weighted by Gasteiger charge is 2.25. The first-order valence-electron chi connectivity index (χ1n) is 5.23. The molecule has 0 radical (unpaired) electrons. The van der Waals surface area contributed by atoms with Crippen molar-refractivity contribution >= 4 is 6.29 Å². The molecular formula is C11H15NO2. The highest BCUT2D eigenvalue weighted by atomic mass is 16.3. The molecule has 0 bridgehead atoms. The van der Waals surface area contributed by atoms with Crippen LogP contribution in [0.15, 0.2) is 17.0 Å². The van der Waals surface area contributed by atoms with Crippen LogP contribution < -0.4 is 0 Å². The SMILES string of the molecule is O=CC1CCCC[C@@H]1Cc1cnco1. The van der Waals surface area contributed by atoms with Crippen molar-refractivity contribution in [2.45, 2.75) is 32.1 Å². The Morgan fingerprint density at radius 1 is 1.50 bits per heavy atom. The van der Waals surface area contributed by atoms with Crippen molar-refractivity contribution in [2.24, 2.45) is 11.8 Å². The number of nitrogens with zero attached hydrogens (tertiary/aromatic N) is 1. The molecule has 0 aromatic carbocycles. The summed E-state index contributed by atoms with van der Waals surface area (Å²) < 4.78 is 5.20. The van der Waals surface area contributed by atoms with E-state index in [1.165, 1.54) is 19.2 Å². The van der Waals surface area contributed by atoms with Gasteiger partial charge in [-0.05, 0) is 18.8 Å². The molecule has 1 saturated carbocycles. The van der Waals surface area contributed by atoms with E-state index < -0.39 is 0 Å². The molecule has 1 aliphatic carbocycles. The van der Waals surface area contributed by atoms with Crippen LogP contribution in [0.5, 0.6) is 0 Å². The van der Waals surface area contributed by atoms with E-state index in [0.29, 0.717) is 5.92 Å². The van der Waals surface area contributed by atoms with Gasteiger partial charge in [0.15, 0.2) is 6.39 Å². The third-order valence-corrected chi connectivity index (χ3v) is 3.09. The van der Waals surface area contributed by atoms with E-state index in [-0.39, 0.29) is 5.92 Å². The maximum atomic E-state index is 10.9. The van der Waals surface area contributed by atoms with Crippen LogP contribution in [-0.2, 0) is 11.2 Å². The lowest BCUT2D eigenvalue weighted by Crippen LogP contribution is -2.22. The maximum absolute atomic E-state index is 10.9. The summed E-state index contributed by atoms with van der Waals surface area (Å²) in [6.45, 7) is 0. The van der Waals surface area contributed by atoms with Crippen LogP contribution in [0.2, 0.25) is 0 Å². The van der Waals surface area contributed by atoms with Gasteiger partial charge in [0.25, 0.3) is 0 Å². The standard InChI is InChI=1S/C11H15NO2/c13-7-10-4-2-1-3-9(10)5-11-6-12-8-14-11/h6-10H,1-5H2/t9-,10?/m1/s1. The zero-order valence-electron chi connectivity index (χ0n) is 8.19. The average Bonchev–Trinajstić information content (AvgIpc) is 2.71. The molecule has 2 atom stereocenters. The minimum absolute atomic E-state index is 0.230. The van der Waals surface area contributed by atoms with Crippen LogP contribution in [0.1, 0.15) is 31.4 Å². The van der Waals surface area contributed by atoms with E-state index in [4.69, 9.17) is 4.42 Å². The summed E-state index contributed by atoms with van der Waals surface area (Å²) in [7, 11) is 0. The molecule has 1 aliphatic rings. The molecule has 0 aliphatic heterocycles. The Balaban J connectivity index is 1.98. The van der Waals surface area contributed by atoms with Gasteiger partial charge in [-0.2, -0.15) is 0 Å². The average molecular weight is 193 g/mol. The first kappa shape index (κ1) is 9.44. The van der Waals surface area contributed by atoms with Crippen LogP contribution in [0.3, 0.4) is 0 Å². The Labute approximate surface area is 83.5 Å². The molecule has 0 spiro atoms. The van der Waals surface area contributed by atoms with Crippen molar-refractivity contribution in [3.8, 4) is 0 Å². The second kappa shape index (κ2) is 4.40. The molecule has 0 saturated heterocycles. The van der Waals surface area contributed by atoms with E-state index >= 15 is 0 Å². The third kappa shape index (κ3) is 2.03. The van der Waals surface area contributed by atoms with Gasteiger partial charge in [0.2, 0.25) is 0 Å². The summed E-state index contributed by atoms with van der Waals surface area (Å²) in [4.78, 5) is 14.7. The molecule has 14 heavy (non-hydrogen) atoms. The summed E-state index contributed by atoms with van der Waals surface area (Å²) >= 11 is 0. The minimum atomic E-state index is 0.230. The van der Waals surface area contributed by atoms with Crippen molar-refractivity contribution in [3.63, 3.8) is 0 Å². The van der Waals surface area contributed by atoms with Crippen molar-refractivity contribution in [2.75, 3.05) is 0 Å². The lowest BCUT2D eigenvalue weighted by molar-refractivity contribution is -0.113. The smallest absolute Gasteiger partial charge is 0.180 e. The number of oxazole rings is 1. The van der Waals surface area contributed by atoms with E-state index in [2.05, 4.69) is 4.98 Å². The monoisotopic (exact) mass is 193 g/mol. The number of rotatable bonds is 3. The normalized spacial score (nSPS) is 27.4. The summed E-state index contributed by atoms with van der Waals surface area (Å²) in [6, 6.07) is 0. The molecule has 1 aromatic heterocycles. The second-order valence-corrected chi connectivity index (χ2v) is 4.02. The number of aldehydes is 1. The first-order valence-corrected chi connectivity index (χ1v) is 5.23. The molecule has 0 amide bonds. The number of carbonyl (C=O) groups excluding carboxylic acids is 1. The molecule has 3 heteroatoms. The van der Waals surface area contributed by atoms with Gasteiger partial charge in [-0.15, -0.1) is 0 Å². The van der Waals surface area contributed by atoms with E-state index in [9.17, 15) is 4.79 Å². The number of aromatic nitrogens is 1. The van der Waals surface area contributed by atoms with E-state index in [0.717, 1.165) is 31.3 Å². The van der Waals surface area contributed by atoms with Crippen molar-refractivity contribution in [1.29, 1.82) is 0 Å². The van der Waals surface area contributed by atoms with Gasteiger partial charge in [0, 0.05) is 12.3 Å². The molecule has 1 unspecified atom stereocenters. The van der Waals surface area contributed by atoms with Gasteiger partial charge in [-0.3, -0.25) is 0 Å². The topological polar surface area (TPSA) is 43.1 Å². The largest absolute Gasteiger partial charge is 0.449 e. The second-order valence-electron chi connectivity index (χ2n) is 4.02. The molecule has 1 heterocycles. The van der Waals surface area contributed by atoms with Crippen molar-refractivity contribution in [3.05, 3.63) is 18.4 Å². The van der Waals surface area contributed by atoms with Gasteiger partial charge < -0.3 is 9.21 Å². The zero-order valence-corrected chi connectivity index (χ0v) is 8.19. The lowest BCUT2D eigenvalue weighted by atomic mass is 9.78. The lowest BCUT2D eigenvalue weighted by Gasteiger charge is -2.26. The number of hydrogen-bond acceptors (Lipinski definition) is 3. The molecule has 0 N–H and O–H groups in total. The Morgan fingerprint density at radius 2 is 2.36 bits per heavy atom. The predicted octanol–water partition coefficient (Wildman–Crippen LogP) is 2.22. The molecule has 3 nitrogen and oxygen atoms in total. The number of hydrogen-bond donors (Lipinski definition) is 0. The van der Waals surface area contributed by atoms with E-state index in [1.54, 1.807) is 6.20 Å². The van der Waals surface area contributed by atoms with Crippen molar-refractivity contribution < 1.29 is 9.21 Å². The maximum Gasteiger partial charge on any atom is 0.180 e. The quantitative estimate of drug-likeness (QED) is 0.691.